The van der Waals surface area contributed by atoms with Gasteiger partial charge in [-0.2, -0.15) is 0 Å². The van der Waals surface area contributed by atoms with E-state index in [1.165, 1.54) is 12.8 Å². The van der Waals surface area contributed by atoms with Gasteiger partial charge in [-0.25, -0.2) is 9.97 Å². The van der Waals surface area contributed by atoms with Crippen LogP contribution in [0.3, 0.4) is 0 Å². The van der Waals surface area contributed by atoms with Gasteiger partial charge in [0, 0.05) is 19.1 Å². The molecule has 0 unspecified atom stereocenters. The number of aromatic nitrogens is 2. The summed E-state index contributed by atoms with van der Waals surface area (Å²) in [4.78, 5) is 28.6. The Labute approximate surface area is 175 Å². The number of anilines is 1. The number of carbonyl (C=O) groups is 1. The first-order chi connectivity index (χ1) is 13.9. The summed E-state index contributed by atoms with van der Waals surface area (Å²) in [5.41, 5.74) is 3.85. The predicted octanol–water partition coefficient (Wildman–Crippen LogP) is 3.80. The lowest BCUT2D eigenvalue weighted by Crippen LogP contribution is -2.45. The molecular formula is C22H28N4O2S. The highest BCUT2D eigenvalue weighted by atomic mass is 32.1. The highest BCUT2D eigenvalue weighted by Gasteiger charge is 2.41. The van der Waals surface area contributed by atoms with Crippen molar-refractivity contribution >= 4 is 23.1 Å². The van der Waals surface area contributed by atoms with Crippen LogP contribution in [0.1, 0.15) is 53.3 Å². The van der Waals surface area contributed by atoms with Gasteiger partial charge in [-0.3, -0.25) is 4.79 Å². The molecule has 5 rings (SSSR count). The van der Waals surface area contributed by atoms with E-state index in [1.807, 2.05) is 13.8 Å². The van der Waals surface area contributed by atoms with Crippen molar-refractivity contribution < 1.29 is 9.53 Å². The average Bonchev–Trinajstić information content (AvgIpc) is 3.42. The van der Waals surface area contributed by atoms with Crippen LogP contribution in [0.5, 0.6) is 0 Å². The molecule has 0 aromatic carbocycles. The first kappa shape index (κ1) is 19.0. The van der Waals surface area contributed by atoms with Crippen LogP contribution in [0.15, 0.2) is 6.07 Å². The molecule has 154 valence electrons. The highest BCUT2D eigenvalue weighted by Crippen LogP contribution is 2.42. The number of amides is 1. The number of morpholine rings is 1. The van der Waals surface area contributed by atoms with Crippen molar-refractivity contribution in [1.82, 2.24) is 14.9 Å². The van der Waals surface area contributed by atoms with Crippen LogP contribution < -0.4 is 4.90 Å². The molecule has 2 aromatic heterocycles. The Morgan fingerprint density at radius 3 is 2.72 bits per heavy atom. The number of ether oxygens (including phenoxy) is 1. The maximum atomic E-state index is 13.5. The molecule has 7 heteroatoms. The Kier molecular flexibility index (Phi) is 4.62. The lowest BCUT2D eigenvalue weighted by Gasteiger charge is -2.35. The number of hydrogen-bond donors (Lipinski definition) is 0. The average molecular weight is 413 g/mol. The first-order valence-corrected chi connectivity index (χ1v) is 11.4. The maximum Gasteiger partial charge on any atom is 0.258 e. The molecule has 0 radical (unpaired) electrons. The summed E-state index contributed by atoms with van der Waals surface area (Å²) in [6.07, 6.45) is 2.47. The summed E-state index contributed by atoms with van der Waals surface area (Å²) in [6, 6.07) is 2.62. The summed E-state index contributed by atoms with van der Waals surface area (Å²) < 4.78 is 5.64. The normalized spacial score (nSPS) is 22.9. The van der Waals surface area contributed by atoms with E-state index in [2.05, 4.69) is 34.7 Å². The molecule has 0 bridgehead atoms. The van der Waals surface area contributed by atoms with Crippen molar-refractivity contribution in [2.45, 2.75) is 59.2 Å². The third kappa shape index (κ3) is 3.24. The second-order valence-electron chi connectivity index (χ2n) is 8.64. The fourth-order valence-corrected chi connectivity index (χ4v) is 5.52. The van der Waals surface area contributed by atoms with Gasteiger partial charge in [-0.15, -0.1) is 11.3 Å². The molecule has 29 heavy (non-hydrogen) atoms. The maximum absolute atomic E-state index is 13.5. The monoisotopic (exact) mass is 412 g/mol. The van der Waals surface area contributed by atoms with Gasteiger partial charge in [0.2, 0.25) is 0 Å². The van der Waals surface area contributed by atoms with Gasteiger partial charge in [-0.1, -0.05) is 0 Å². The second-order valence-corrected chi connectivity index (χ2v) is 9.84. The van der Waals surface area contributed by atoms with E-state index in [0.717, 1.165) is 44.8 Å². The molecule has 6 nitrogen and oxygen atoms in total. The SMILES string of the molecule is Cc1nc(C)c(-c2cc3c(c(N4CCOC[C@H]4C)n2)C(=O)N([C@@H](C)C2CC2)C3)s1. The molecule has 1 amide bonds. The summed E-state index contributed by atoms with van der Waals surface area (Å²) in [5.74, 6) is 1.62. The van der Waals surface area contributed by atoms with E-state index in [0.29, 0.717) is 31.7 Å². The third-order valence-corrected chi connectivity index (χ3v) is 7.56. The highest BCUT2D eigenvalue weighted by molar-refractivity contribution is 7.15. The van der Waals surface area contributed by atoms with E-state index < -0.39 is 0 Å². The molecule has 2 aliphatic heterocycles. The number of thiazole rings is 1. The Bertz CT molecular complexity index is 968. The van der Waals surface area contributed by atoms with Crippen molar-refractivity contribution in [2.75, 3.05) is 24.7 Å². The zero-order chi connectivity index (χ0) is 20.3. The van der Waals surface area contributed by atoms with E-state index in [4.69, 9.17) is 9.72 Å². The molecule has 1 saturated heterocycles. The summed E-state index contributed by atoms with van der Waals surface area (Å²) in [5, 5.41) is 1.04. The van der Waals surface area contributed by atoms with Gasteiger partial charge in [-0.05, 0) is 58.1 Å². The first-order valence-electron chi connectivity index (χ1n) is 10.6. The minimum Gasteiger partial charge on any atom is -0.377 e. The van der Waals surface area contributed by atoms with Gasteiger partial charge in [0.1, 0.15) is 5.82 Å². The minimum atomic E-state index is 0.143. The smallest absolute Gasteiger partial charge is 0.258 e. The van der Waals surface area contributed by atoms with Gasteiger partial charge in [0.05, 0.1) is 46.1 Å². The van der Waals surface area contributed by atoms with Crippen molar-refractivity contribution in [3.05, 3.63) is 27.9 Å². The van der Waals surface area contributed by atoms with Gasteiger partial charge in [0.25, 0.3) is 5.91 Å². The lowest BCUT2D eigenvalue weighted by atomic mass is 10.1. The van der Waals surface area contributed by atoms with Gasteiger partial charge >= 0.3 is 0 Å². The molecule has 2 aromatic rings. The van der Waals surface area contributed by atoms with Gasteiger partial charge in [0.15, 0.2) is 0 Å². The van der Waals surface area contributed by atoms with E-state index in [1.54, 1.807) is 11.3 Å². The van der Waals surface area contributed by atoms with Crippen molar-refractivity contribution in [2.24, 2.45) is 5.92 Å². The molecule has 1 saturated carbocycles. The molecule has 0 N–H and O–H groups in total. The number of nitrogens with zero attached hydrogens (tertiary/aromatic N) is 4. The fraction of sp³-hybridized carbons (Fsp3) is 0.591. The van der Waals surface area contributed by atoms with Crippen LogP contribution in [0.25, 0.3) is 10.6 Å². The zero-order valence-electron chi connectivity index (χ0n) is 17.6. The largest absolute Gasteiger partial charge is 0.377 e. The topological polar surface area (TPSA) is 58.6 Å². The fourth-order valence-electron chi connectivity index (χ4n) is 4.64. The van der Waals surface area contributed by atoms with Crippen molar-refractivity contribution in [1.29, 1.82) is 0 Å². The number of rotatable bonds is 4. The van der Waals surface area contributed by atoms with Crippen molar-refractivity contribution in [3.63, 3.8) is 0 Å². The Morgan fingerprint density at radius 2 is 2.07 bits per heavy atom. The van der Waals surface area contributed by atoms with Crippen LogP contribution in [-0.4, -0.2) is 52.6 Å². The molecule has 3 aliphatic rings. The second kappa shape index (κ2) is 7.06. The third-order valence-electron chi connectivity index (χ3n) is 6.47. The summed E-state index contributed by atoms with van der Waals surface area (Å²) in [7, 11) is 0. The van der Waals surface area contributed by atoms with Crippen LogP contribution in [0, 0.1) is 19.8 Å². The standard InChI is InChI=1S/C22H28N4O2S/c1-12-11-28-8-7-25(12)21-19-17(10-26(22(19)27)14(3)16-5-6-16)9-18(24-21)20-13(2)23-15(4)29-20/h9,12,14,16H,5-8,10-11H2,1-4H3/t12-,14+/m1/s1. The lowest BCUT2D eigenvalue weighted by molar-refractivity contribution is 0.0696. The van der Waals surface area contributed by atoms with Crippen LogP contribution >= 0.6 is 11.3 Å². The molecular weight excluding hydrogens is 384 g/mol. The van der Waals surface area contributed by atoms with E-state index >= 15 is 0 Å². The van der Waals surface area contributed by atoms with E-state index in [9.17, 15) is 4.79 Å². The number of hydrogen-bond acceptors (Lipinski definition) is 6. The quantitative estimate of drug-likeness (QED) is 0.764. The Morgan fingerprint density at radius 1 is 1.28 bits per heavy atom. The predicted molar refractivity (Wildman–Crippen MR) is 115 cm³/mol. The van der Waals surface area contributed by atoms with Crippen molar-refractivity contribution in [3.8, 4) is 10.6 Å². The Balaban J connectivity index is 1.62. The van der Waals surface area contributed by atoms with E-state index in [-0.39, 0.29) is 11.9 Å². The number of carbonyl (C=O) groups excluding carboxylic acids is 1. The summed E-state index contributed by atoms with van der Waals surface area (Å²) in [6.45, 7) is 11.2. The molecule has 1 aliphatic carbocycles. The zero-order valence-corrected chi connectivity index (χ0v) is 18.4. The molecule has 2 fully saturated rings. The van der Waals surface area contributed by atoms with Gasteiger partial charge < -0.3 is 14.5 Å². The summed E-state index contributed by atoms with van der Waals surface area (Å²) >= 11 is 1.68. The minimum absolute atomic E-state index is 0.143. The number of fused-ring (bicyclic) bond motifs is 1. The van der Waals surface area contributed by atoms with Crippen LogP contribution in [0.2, 0.25) is 0 Å². The number of pyridine rings is 1. The van der Waals surface area contributed by atoms with Crippen LogP contribution in [-0.2, 0) is 11.3 Å². The molecule has 4 heterocycles. The number of aryl methyl sites for hydroxylation is 2. The Hall–Kier alpha value is -1.99. The molecule has 2 atom stereocenters. The molecule has 0 spiro atoms. The van der Waals surface area contributed by atoms with Crippen LogP contribution in [0.4, 0.5) is 5.82 Å².